The maximum Gasteiger partial charge on any atom is 0.134 e. The molecule has 0 spiro atoms. The lowest BCUT2D eigenvalue weighted by Gasteiger charge is -2.16. The normalized spacial score (nSPS) is 12.4. The van der Waals surface area contributed by atoms with Gasteiger partial charge in [0.2, 0.25) is 0 Å². The second kappa shape index (κ2) is 6.09. The molecular formula is C16H18ClNO. The van der Waals surface area contributed by atoms with E-state index in [-0.39, 0.29) is 11.8 Å². The first-order chi connectivity index (χ1) is 9.08. The number of rotatable bonds is 4. The van der Waals surface area contributed by atoms with Crippen molar-refractivity contribution in [3.8, 4) is 5.75 Å². The molecule has 0 aliphatic heterocycles. The zero-order valence-corrected chi connectivity index (χ0v) is 11.9. The highest BCUT2D eigenvalue weighted by atomic mass is 35.5. The highest BCUT2D eigenvalue weighted by Gasteiger charge is 2.07. The van der Waals surface area contributed by atoms with Gasteiger partial charge in [0.1, 0.15) is 5.75 Å². The zero-order valence-electron chi connectivity index (χ0n) is 11.2. The average molecular weight is 276 g/mol. The summed E-state index contributed by atoms with van der Waals surface area (Å²) in [5.41, 5.74) is 3.64. The summed E-state index contributed by atoms with van der Waals surface area (Å²) in [5.74, 6) is 0.123. The van der Waals surface area contributed by atoms with E-state index in [1.807, 2.05) is 12.1 Å². The van der Waals surface area contributed by atoms with Crippen LogP contribution in [0.25, 0.3) is 0 Å². The van der Waals surface area contributed by atoms with E-state index in [2.05, 4.69) is 37.4 Å². The summed E-state index contributed by atoms with van der Waals surface area (Å²) in [4.78, 5) is 0. The van der Waals surface area contributed by atoms with Crippen molar-refractivity contribution in [3.63, 3.8) is 0 Å². The third kappa shape index (κ3) is 3.49. The van der Waals surface area contributed by atoms with Crippen LogP contribution in [0.2, 0.25) is 5.02 Å². The summed E-state index contributed by atoms with van der Waals surface area (Å²) in [5, 5.41) is 13.2. The molecule has 0 heterocycles. The molecule has 0 aliphatic carbocycles. The molecule has 100 valence electrons. The fourth-order valence-electron chi connectivity index (χ4n) is 2.11. The Labute approximate surface area is 119 Å². The zero-order chi connectivity index (χ0) is 13.8. The van der Waals surface area contributed by atoms with E-state index < -0.39 is 0 Å². The number of aromatic hydroxyl groups is 1. The van der Waals surface area contributed by atoms with Crippen molar-refractivity contribution in [1.29, 1.82) is 0 Å². The van der Waals surface area contributed by atoms with Crippen LogP contribution in [0.1, 0.15) is 29.7 Å². The lowest BCUT2D eigenvalue weighted by Crippen LogP contribution is -2.18. The monoisotopic (exact) mass is 275 g/mol. The van der Waals surface area contributed by atoms with Crippen molar-refractivity contribution in [1.82, 2.24) is 5.32 Å². The first-order valence-electron chi connectivity index (χ1n) is 6.34. The number of nitrogens with one attached hydrogen (secondary N) is 1. The van der Waals surface area contributed by atoms with Gasteiger partial charge >= 0.3 is 0 Å². The standard InChI is InChI=1S/C16H18ClNO/c1-11-5-3-4-6-14(11)12(2)18-10-13-7-8-16(19)15(17)9-13/h3-9,12,18-19H,10H2,1-2H3/t12-/m1/s1. The minimum atomic E-state index is 0.123. The van der Waals surface area contributed by atoms with Gasteiger partial charge in [-0.2, -0.15) is 0 Å². The average Bonchev–Trinajstić information content (AvgIpc) is 2.40. The van der Waals surface area contributed by atoms with Crippen LogP contribution >= 0.6 is 11.6 Å². The number of halogens is 1. The molecular weight excluding hydrogens is 258 g/mol. The molecule has 1 atom stereocenters. The molecule has 0 unspecified atom stereocenters. The Balaban J connectivity index is 2.02. The summed E-state index contributed by atoms with van der Waals surface area (Å²) < 4.78 is 0. The highest BCUT2D eigenvalue weighted by Crippen LogP contribution is 2.24. The van der Waals surface area contributed by atoms with Gasteiger partial charge in [0, 0.05) is 12.6 Å². The topological polar surface area (TPSA) is 32.3 Å². The minimum Gasteiger partial charge on any atom is -0.506 e. The molecule has 19 heavy (non-hydrogen) atoms. The summed E-state index contributed by atoms with van der Waals surface area (Å²) in [7, 11) is 0. The van der Waals surface area contributed by atoms with Crippen LogP contribution < -0.4 is 5.32 Å². The van der Waals surface area contributed by atoms with Gasteiger partial charge in [0.15, 0.2) is 0 Å². The van der Waals surface area contributed by atoms with Gasteiger partial charge in [-0.1, -0.05) is 41.9 Å². The van der Waals surface area contributed by atoms with E-state index >= 15 is 0 Å². The summed E-state index contributed by atoms with van der Waals surface area (Å²) in [6.45, 7) is 4.98. The predicted molar refractivity (Wildman–Crippen MR) is 79.6 cm³/mol. The highest BCUT2D eigenvalue weighted by molar-refractivity contribution is 6.32. The molecule has 0 fully saturated rings. The van der Waals surface area contributed by atoms with Crippen LogP contribution in [0, 0.1) is 6.92 Å². The van der Waals surface area contributed by atoms with E-state index in [0.29, 0.717) is 5.02 Å². The van der Waals surface area contributed by atoms with Gasteiger partial charge in [-0.3, -0.25) is 0 Å². The molecule has 0 aliphatic rings. The number of benzene rings is 2. The van der Waals surface area contributed by atoms with Crippen LogP contribution in [0.4, 0.5) is 0 Å². The Morgan fingerprint density at radius 2 is 1.95 bits per heavy atom. The molecule has 2 rings (SSSR count). The Morgan fingerprint density at radius 3 is 2.63 bits per heavy atom. The fraction of sp³-hybridized carbons (Fsp3) is 0.250. The molecule has 3 heteroatoms. The number of phenolic OH excluding ortho intramolecular Hbond substituents is 1. The number of aryl methyl sites for hydroxylation is 1. The van der Waals surface area contributed by atoms with Crippen molar-refractivity contribution >= 4 is 11.6 Å². The SMILES string of the molecule is Cc1ccccc1[C@@H](C)NCc1ccc(O)c(Cl)c1. The van der Waals surface area contributed by atoms with E-state index in [0.717, 1.165) is 12.1 Å². The van der Waals surface area contributed by atoms with Crippen molar-refractivity contribution in [2.45, 2.75) is 26.4 Å². The Kier molecular flexibility index (Phi) is 4.46. The van der Waals surface area contributed by atoms with E-state index in [4.69, 9.17) is 11.6 Å². The van der Waals surface area contributed by atoms with Crippen LogP contribution in [0.15, 0.2) is 42.5 Å². The van der Waals surface area contributed by atoms with Crippen LogP contribution in [-0.2, 0) is 6.54 Å². The second-order valence-electron chi connectivity index (χ2n) is 4.74. The molecule has 2 nitrogen and oxygen atoms in total. The summed E-state index contributed by atoms with van der Waals surface area (Å²) >= 11 is 5.89. The van der Waals surface area contributed by atoms with Crippen molar-refractivity contribution in [2.24, 2.45) is 0 Å². The molecule has 0 radical (unpaired) electrons. The largest absolute Gasteiger partial charge is 0.506 e. The van der Waals surface area contributed by atoms with Gasteiger partial charge in [0.05, 0.1) is 5.02 Å². The van der Waals surface area contributed by atoms with E-state index in [1.165, 1.54) is 11.1 Å². The molecule has 2 N–H and O–H groups in total. The molecule has 0 saturated carbocycles. The first-order valence-corrected chi connectivity index (χ1v) is 6.72. The maximum absolute atomic E-state index is 9.38. The van der Waals surface area contributed by atoms with Gasteiger partial charge in [-0.15, -0.1) is 0 Å². The first kappa shape index (κ1) is 13.9. The van der Waals surface area contributed by atoms with Crippen molar-refractivity contribution < 1.29 is 5.11 Å². The lowest BCUT2D eigenvalue weighted by atomic mass is 10.0. The van der Waals surface area contributed by atoms with Gasteiger partial charge in [0.25, 0.3) is 0 Å². The maximum atomic E-state index is 9.38. The van der Waals surface area contributed by atoms with E-state index in [1.54, 1.807) is 12.1 Å². The third-order valence-corrected chi connectivity index (χ3v) is 3.58. The van der Waals surface area contributed by atoms with Crippen molar-refractivity contribution in [3.05, 3.63) is 64.2 Å². The Bertz CT molecular complexity index is 568. The Hall–Kier alpha value is -1.51. The van der Waals surface area contributed by atoms with Gasteiger partial charge in [-0.25, -0.2) is 0 Å². The molecule has 2 aromatic carbocycles. The second-order valence-corrected chi connectivity index (χ2v) is 5.15. The van der Waals surface area contributed by atoms with Gasteiger partial charge in [-0.05, 0) is 42.7 Å². The van der Waals surface area contributed by atoms with E-state index in [9.17, 15) is 5.11 Å². The molecule has 0 amide bonds. The molecule has 0 aromatic heterocycles. The number of phenols is 1. The smallest absolute Gasteiger partial charge is 0.134 e. The Morgan fingerprint density at radius 1 is 1.21 bits per heavy atom. The minimum absolute atomic E-state index is 0.123. The summed E-state index contributed by atoms with van der Waals surface area (Å²) in [6, 6.07) is 13.9. The molecule has 0 saturated heterocycles. The summed E-state index contributed by atoms with van der Waals surface area (Å²) in [6.07, 6.45) is 0. The van der Waals surface area contributed by atoms with Crippen LogP contribution in [0.5, 0.6) is 5.75 Å². The quantitative estimate of drug-likeness (QED) is 0.876. The number of hydrogen-bond donors (Lipinski definition) is 2. The number of hydrogen-bond acceptors (Lipinski definition) is 2. The predicted octanol–water partition coefficient (Wildman–Crippen LogP) is 4.20. The van der Waals surface area contributed by atoms with Crippen LogP contribution in [0.3, 0.4) is 0 Å². The van der Waals surface area contributed by atoms with Crippen LogP contribution in [-0.4, -0.2) is 5.11 Å². The molecule has 0 bridgehead atoms. The fourth-order valence-corrected chi connectivity index (χ4v) is 2.32. The third-order valence-electron chi connectivity index (χ3n) is 3.28. The van der Waals surface area contributed by atoms with Gasteiger partial charge < -0.3 is 10.4 Å². The molecule has 2 aromatic rings. The lowest BCUT2D eigenvalue weighted by molar-refractivity contribution is 0.475. The van der Waals surface area contributed by atoms with Crippen molar-refractivity contribution in [2.75, 3.05) is 0 Å².